The first-order chi connectivity index (χ1) is 8.15. The molecule has 0 atom stereocenters. The van der Waals surface area contributed by atoms with E-state index in [-0.39, 0.29) is 5.82 Å². The maximum atomic E-state index is 12.7. The summed E-state index contributed by atoms with van der Waals surface area (Å²) in [6.07, 6.45) is 0. The van der Waals surface area contributed by atoms with Gasteiger partial charge in [0.2, 0.25) is 0 Å². The van der Waals surface area contributed by atoms with Crippen molar-refractivity contribution < 1.29 is 9.13 Å². The summed E-state index contributed by atoms with van der Waals surface area (Å²) < 4.78 is 19.1. The Labute approximate surface area is 107 Å². The van der Waals surface area contributed by atoms with Crippen LogP contribution in [0.2, 0.25) is 0 Å². The van der Waals surface area contributed by atoms with Crippen molar-refractivity contribution in [2.75, 3.05) is 5.73 Å². The van der Waals surface area contributed by atoms with Crippen LogP contribution in [0.3, 0.4) is 0 Å². The van der Waals surface area contributed by atoms with E-state index in [1.54, 1.807) is 12.1 Å². The third kappa shape index (κ3) is 3.20. The molecular weight excluding hydrogens is 285 g/mol. The minimum atomic E-state index is -0.277. The summed E-state index contributed by atoms with van der Waals surface area (Å²) >= 11 is 3.34. The van der Waals surface area contributed by atoms with Crippen LogP contribution in [0, 0.1) is 5.82 Å². The van der Waals surface area contributed by atoms with Crippen molar-refractivity contribution in [2.45, 2.75) is 6.61 Å². The molecule has 0 amide bonds. The van der Waals surface area contributed by atoms with Gasteiger partial charge in [-0.25, -0.2) is 4.39 Å². The molecule has 0 aliphatic heterocycles. The number of halogens is 2. The lowest BCUT2D eigenvalue weighted by Gasteiger charge is -2.08. The highest BCUT2D eigenvalue weighted by molar-refractivity contribution is 9.10. The van der Waals surface area contributed by atoms with Crippen molar-refractivity contribution in [3.8, 4) is 5.75 Å². The molecular formula is C13H11BrFNO. The second kappa shape index (κ2) is 5.19. The van der Waals surface area contributed by atoms with E-state index in [0.29, 0.717) is 18.0 Å². The lowest BCUT2D eigenvalue weighted by molar-refractivity contribution is 0.306. The topological polar surface area (TPSA) is 35.2 Å². The molecule has 0 unspecified atom stereocenters. The average molecular weight is 296 g/mol. The van der Waals surface area contributed by atoms with Gasteiger partial charge in [-0.1, -0.05) is 22.0 Å². The van der Waals surface area contributed by atoms with E-state index < -0.39 is 0 Å². The van der Waals surface area contributed by atoms with E-state index in [4.69, 9.17) is 10.5 Å². The van der Waals surface area contributed by atoms with E-state index in [9.17, 15) is 4.39 Å². The number of benzene rings is 2. The Morgan fingerprint density at radius 3 is 2.47 bits per heavy atom. The van der Waals surface area contributed by atoms with E-state index in [1.807, 2.05) is 18.2 Å². The summed E-state index contributed by atoms with van der Waals surface area (Å²) in [6.45, 7) is 0.366. The molecule has 2 aromatic rings. The summed E-state index contributed by atoms with van der Waals surface area (Å²) in [5.41, 5.74) is 7.41. The van der Waals surface area contributed by atoms with Gasteiger partial charge in [0, 0.05) is 15.7 Å². The quantitative estimate of drug-likeness (QED) is 0.875. The molecule has 0 aromatic heterocycles. The van der Waals surface area contributed by atoms with Crippen LogP contribution < -0.4 is 10.5 Å². The van der Waals surface area contributed by atoms with Crippen LogP contribution in [0.25, 0.3) is 0 Å². The lowest BCUT2D eigenvalue weighted by atomic mass is 10.2. The molecule has 2 nitrogen and oxygen atoms in total. The third-order valence-corrected chi connectivity index (χ3v) is 2.81. The van der Waals surface area contributed by atoms with Crippen molar-refractivity contribution >= 4 is 21.6 Å². The number of nitrogen functional groups attached to an aromatic ring is 1. The van der Waals surface area contributed by atoms with E-state index >= 15 is 0 Å². The number of hydrogen-bond donors (Lipinski definition) is 1. The maximum Gasteiger partial charge on any atom is 0.123 e. The van der Waals surface area contributed by atoms with E-state index in [2.05, 4.69) is 15.9 Å². The van der Waals surface area contributed by atoms with Gasteiger partial charge < -0.3 is 10.5 Å². The van der Waals surface area contributed by atoms with Crippen molar-refractivity contribution in [1.82, 2.24) is 0 Å². The lowest BCUT2D eigenvalue weighted by Crippen LogP contribution is -2.00. The molecule has 17 heavy (non-hydrogen) atoms. The molecule has 0 radical (unpaired) electrons. The fraction of sp³-hybridized carbons (Fsp3) is 0.0769. The number of rotatable bonds is 3. The highest BCUT2D eigenvalue weighted by Crippen LogP contribution is 2.20. The molecule has 0 saturated carbocycles. The van der Waals surface area contributed by atoms with Crippen LogP contribution in [0.4, 0.5) is 10.1 Å². The van der Waals surface area contributed by atoms with Gasteiger partial charge >= 0.3 is 0 Å². The number of ether oxygens (including phenoxy) is 1. The van der Waals surface area contributed by atoms with Gasteiger partial charge in [-0.2, -0.15) is 0 Å². The SMILES string of the molecule is Nc1cc(Br)ccc1COc1ccc(F)cc1. The summed E-state index contributed by atoms with van der Waals surface area (Å²) in [4.78, 5) is 0. The Balaban J connectivity index is 2.04. The van der Waals surface area contributed by atoms with Crippen LogP contribution in [0.5, 0.6) is 5.75 Å². The molecule has 4 heteroatoms. The summed E-state index contributed by atoms with van der Waals surface area (Å²) in [7, 11) is 0. The zero-order valence-corrected chi connectivity index (χ0v) is 10.6. The van der Waals surface area contributed by atoms with Crippen LogP contribution in [-0.2, 0) is 6.61 Å². The molecule has 0 fully saturated rings. The van der Waals surface area contributed by atoms with Crippen molar-refractivity contribution in [3.05, 3.63) is 58.3 Å². The van der Waals surface area contributed by atoms with Crippen molar-refractivity contribution in [3.63, 3.8) is 0 Å². The van der Waals surface area contributed by atoms with E-state index in [1.165, 1.54) is 12.1 Å². The Bertz CT molecular complexity index is 513. The maximum absolute atomic E-state index is 12.7. The predicted octanol–water partition coefficient (Wildman–Crippen LogP) is 3.75. The van der Waals surface area contributed by atoms with Crippen LogP contribution >= 0.6 is 15.9 Å². The van der Waals surface area contributed by atoms with Crippen LogP contribution in [-0.4, -0.2) is 0 Å². The molecule has 2 N–H and O–H groups in total. The Kier molecular flexibility index (Phi) is 3.64. The molecule has 0 saturated heterocycles. The minimum Gasteiger partial charge on any atom is -0.489 e. The molecule has 0 bridgehead atoms. The highest BCUT2D eigenvalue weighted by Gasteiger charge is 2.01. The Morgan fingerprint density at radius 1 is 1.12 bits per heavy atom. The van der Waals surface area contributed by atoms with Crippen LogP contribution in [0.1, 0.15) is 5.56 Å². The van der Waals surface area contributed by atoms with Crippen LogP contribution in [0.15, 0.2) is 46.9 Å². The summed E-state index contributed by atoms with van der Waals surface area (Å²) in [5.74, 6) is 0.342. The predicted molar refractivity (Wildman–Crippen MR) is 69.3 cm³/mol. The minimum absolute atomic E-state index is 0.277. The smallest absolute Gasteiger partial charge is 0.123 e. The fourth-order valence-corrected chi connectivity index (χ4v) is 1.77. The van der Waals surface area contributed by atoms with Gasteiger partial charge in [0.05, 0.1) is 0 Å². The third-order valence-electron chi connectivity index (χ3n) is 2.32. The van der Waals surface area contributed by atoms with E-state index in [0.717, 1.165) is 10.0 Å². The van der Waals surface area contributed by atoms with Gasteiger partial charge in [0.15, 0.2) is 0 Å². The second-order valence-electron chi connectivity index (χ2n) is 3.59. The summed E-state index contributed by atoms with van der Waals surface area (Å²) in [6, 6.07) is 11.5. The Morgan fingerprint density at radius 2 is 1.82 bits per heavy atom. The molecule has 0 heterocycles. The Hall–Kier alpha value is -1.55. The standard InChI is InChI=1S/C13H11BrFNO/c14-10-2-1-9(13(16)7-10)8-17-12-5-3-11(15)4-6-12/h1-7H,8,16H2. The molecule has 2 aromatic carbocycles. The van der Waals surface area contributed by atoms with Crippen molar-refractivity contribution in [2.24, 2.45) is 0 Å². The molecule has 88 valence electrons. The van der Waals surface area contributed by atoms with Gasteiger partial charge in [-0.3, -0.25) is 0 Å². The monoisotopic (exact) mass is 295 g/mol. The van der Waals surface area contributed by atoms with Gasteiger partial charge in [0.25, 0.3) is 0 Å². The molecule has 0 spiro atoms. The average Bonchev–Trinajstić information content (AvgIpc) is 2.30. The normalized spacial score (nSPS) is 10.2. The van der Waals surface area contributed by atoms with Gasteiger partial charge in [0.1, 0.15) is 18.2 Å². The summed E-state index contributed by atoms with van der Waals surface area (Å²) in [5, 5.41) is 0. The van der Waals surface area contributed by atoms with Crippen molar-refractivity contribution in [1.29, 1.82) is 0 Å². The molecule has 2 rings (SSSR count). The largest absolute Gasteiger partial charge is 0.489 e. The zero-order valence-electron chi connectivity index (χ0n) is 8.99. The first kappa shape index (κ1) is 11.9. The fourth-order valence-electron chi connectivity index (χ4n) is 1.39. The molecule has 0 aliphatic rings. The van der Waals surface area contributed by atoms with Gasteiger partial charge in [-0.05, 0) is 36.4 Å². The first-order valence-electron chi connectivity index (χ1n) is 5.07. The zero-order chi connectivity index (χ0) is 12.3. The highest BCUT2D eigenvalue weighted by atomic mass is 79.9. The number of hydrogen-bond acceptors (Lipinski definition) is 2. The van der Waals surface area contributed by atoms with Gasteiger partial charge in [-0.15, -0.1) is 0 Å². The number of nitrogens with two attached hydrogens (primary N) is 1. The first-order valence-corrected chi connectivity index (χ1v) is 5.87. The second-order valence-corrected chi connectivity index (χ2v) is 4.50. The molecule has 0 aliphatic carbocycles. The number of anilines is 1.